The lowest BCUT2D eigenvalue weighted by molar-refractivity contribution is -0.119. The van der Waals surface area contributed by atoms with Crippen molar-refractivity contribution >= 4 is 17.7 Å². The zero-order chi connectivity index (χ0) is 14.5. The minimum absolute atomic E-state index is 0.0137. The Balaban J connectivity index is 1.87. The summed E-state index contributed by atoms with van der Waals surface area (Å²) in [6.07, 6.45) is 3.44. The first kappa shape index (κ1) is 14.7. The van der Waals surface area contributed by atoms with Crippen molar-refractivity contribution in [1.29, 1.82) is 0 Å². The van der Waals surface area contributed by atoms with Gasteiger partial charge in [-0.1, -0.05) is 17.7 Å². The Morgan fingerprint density at radius 2 is 2.25 bits per heavy atom. The summed E-state index contributed by atoms with van der Waals surface area (Å²) in [6, 6.07) is 6.18. The molecule has 1 aromatic heterocycles. The number of carbonyl (C=O) groups excluding carboxylic acids is 1. The maximum Gasteiger partial charge on any atom is 0.230 e. The van der Waals surface area contributed by atoms with Crippen molar-refractivity contribution in [3.05, 3.63) is 47.5 Å². The van der Waals surface area contributed by atoms with Crippen LogP contribution >= 0.6 is 11.8 Å². The van der Waals surface area contributed by atoms with E-state index in [1.54, 1.807) is 24.2 Å². The second-order valence-corrected chi connectivity index (χ2v) is 5.84. The summed E-state index contributed by atoms with van der Waals surface area (Å²) < 4.78 is 0. The highest BCUT2D eigenvalue weighted by Gasteiger charge is 2.12. The monoisotopic (exact) mass is 289 g/mol. The van der Waals surface area contributed by atoms with Crippen molar-refractivity contribution < 1.29 is 4.79 Å². The molecule has 0 aliphatic heterocycles. The number of rotatable bonds is 5. The van der Waals surface area contributed by atoms with E-state index in [2.05, 4.69) is 47.3 Å². The first-order valence-corrected chi connectivity index (χ1v) is 7.53. The molecule has 1 amide bonds. The normalized spacial score (nSPS) is 12.2. The molecule has 0 saturated carbocycles. The molecule has 106 valence electrons. The van der Waals surface area contributed by atoms with E-state index in [4.69, 9.17) is 0 Å². The fraction of sp³-hybridized carbons (Fsp3) is 0.333. The summed E-state index contributed by atoms with van der Waals surface area (Å²) in [5.41, 5.74) is 2.41. The van der Waals surface area contributed by atoms with Gasteiger partial charge in [0.15, 0.2) is 0 Å². The van der Waals surface area contributed by atoms with Crippen LogP contribution in [0.25, 0.3) is 0 Å². The fourth-order valence-corrected chi connectivity index (χ4v) is 2.81. The molecule has 0 bridgehead atoms. The van der Waals surface area contributed by atoms with Gasteiger partial charge in [0.25, 0.3) is 0 Å². The van der Waals surface area contributed by atoms with E-state index in [0.717, 1.165) is 10.7 Å². The molecule has 4 nitrogen and oxygen atoms in total. The van der Waals surface area contributed by atoms with Gasteiger partial charge >= 0.3 is 0 Å². The first-order valence-electron chi connectivity index (χ1n) is 6.55. The van der Waals surface area contributed by atoms with Crippen molar-refractivity contribution in [3.63, 3.8) is 0 Å². The topological polar surface area (TPSA) is 57.8 Å². The van der Waals surface area contributed by atoms with Crippen molar-refractivity contribution in [2.24, 2.45) is 0 Å². The van der Waals surface area contributed by atoms with Gasteiger partial charge in [0.2, 0.25) is 5.91 Å². The first-order chi connectivity index (χ1) is 9.56. The molecule has 5 heteroatoms. The maximum atomic E-state index is 11.9. The number of nitrogens with one attached hydrogen (secondary N) is 2. The van der Waals surface area contributed by atoms with Crippen molar-refractivity contribution in [1.82, 2.24) is 15.3 Å². The Labute approximate surface area is 123 Å². The number of amides is 1. The van der Waals surface area contributed by atoms with Gasteiger partial charge in [-0.3, -0.25) is 4.79 Å². The quantitative estimate of drug-likeness (QED) is 0.832. The van der Waals surface area contributed by atoms with E-state index in [-0.39, 0.29) is 11.9 Å². The zero-order valence-corrected chi connectivity index (χ0v) is 12.8. The summed E-state index contributed by atoms with van der Waals surface area (Å²) >= 11 is 1.57. The number of H-pyrrole nitrogens is 1. The van der Waals surface area contributed by atoms with Crippen molar-refractivity contribution in [2.45, 2.75) is 31.7 Å². The summed E-state index contributed by atoms with van der Waals surface area (Å²) in [5, 5.41) is 2.93. The Hall–Kier alpha value is -1.75. The van der Waals surface area contributed by atoms with Crippen LogP contribution in [0.5, 0.6) is 0 Å². The molecular weight excluding hydrogens is 270 g/mol. The van der Waals surface area contributed by atoms with Crippen molar-refractivity contribution in [3.8, 4) is 0 Å². The molecule has 0 spiro atoms. The molecule has 1 heterocycles. The molecule has 1 unspecified atom stereocenters. The van der Waals surface area contributed by atoms with E-state index < -0.39 is 0 Å². The van der Waals surface area contributed by atoms with Crippen LogP contribution in [0.1, 0.15) is 29.9 Å². The van der Waals surface area contributed by atoms with E-state index in [0.29, 0.717) is 5.75 Å². The van der Waals surface area contributed by atoms with Crippen LogP contribution in [0, 0.1) is 13.8 Å². The van der Waals surface area contributed by atoms with E-state index in [1.807, 2.05) is 6.92 Å². The number of hydrogen-bond donors (Lipinski definition) is 2. The number of benzene rings is 1. The number of carbonyl (C=O) groups is 1. The Morgan fingerprint density at radius 1 is 1.45 bits per heavy atom. The molecule has 0 aliphatic carbocycles. The van der Waals surface area contributed by atoms with Crippen LogP contribution < -0.4 is 5.32 Å². The van der Waals surface area contributed by atoms with Crippen molar-refractivity contribution in [2.75, 3.05) is 5.75 Å². The van der Waals surface area contributed by atoms with E-state index >= 15 is 0 Å². The van der Waals surface area contributed by atoms with Gasteiger partial charge in [-0.15, -0.1) is 11.8 Å². The second-order valence-electron chi connectivity index (χ2n) is 4.82. The molecule has 2 aromatic rings. The van der Waals surface area contributed by atoms with Gasteiger partial charge in [0.05, 0.1) is 11.8 Å². The minimum Gasteiger partial charge on any atom is -0.347 e. The highest BCUT2D eigenvalue weighted by atomic mass is 32.2. The molecule has 0 radical (unpaired) electrons. The minimum atomic E-state index is -0.100. The van der Waals surface area contributed by atoms with Gasteiger partial charge < -0.3 is 10.3 Å². The lowest BCUT2D eigenvalue weighted by Gasteiger charge is -2.12. The van der Waals surface area contributed by atoms with Crippen LogP contribution in [-0.4, -0.2) is 21.6 Å². The molecule has 2 N–H and O–H groups in total. The zero-order valence-electron chi connectivity index (χ0n) is 11.9. The van der Waals surface area contributed by atoms with Gasteiger partial charge in [0.1, 0.15) is 5.82 Å². The van der Waals surface area contributed by atoms with Crippen LogP contribution in [0.2, 0.25) is 0 Å². The fourth-order valence-electron chi connectivity index (χ4n) is 1.87. The molecular formula is C15H19N3OS. The Kier molecular flexibility index (Phi) is 4.84. The van der Waals surface area contributed by atoms with E-state index in [1.165, 1.54) is 11.1 Å². The maximum absolute atomic E-state index is 11.9. The third-order valence-electron chi connectivity index (χ3n) is 3.01. The molecule has 0 fully saturated rings. The standard InChI is InChI=1S/C15H19N3OS/c1-10-4-5-11(2)13(8-10)20-9-14(19)18-12(3)15-16-6-7-17-15/h4-8,12H,9H2,1-3H3,(H,16,17)(H,18,19). The van der Waals surface area contributed by atoms with Crippen LogP contribution in [0.4, 0.5) is 0 Å². The molecule has 0 saturated heterocycles. The number of hydrogen-bond acceptors (Lipinski definition) is 3. The van der Waals surface area contributed by atoms with E-state index in [9.17, 15) is 4.79 Å². The predicted molar refractivity (Wildman–Crippen MR) is 81.8 cm³/mol. The Bertz CT molecular complexity index is 581. The lowest BCUT2D eigenvalue weighted by atomic mass is 10.2. The van der Waals surface area contributed by atoms with Crippen LogP contribution in [-0.2, 0) is 4.79 Å². The number of thioether (sulfide) groups is 1. The molecule has 1 atom stereocenters. The lowest BCUT2D eigenvalue weighted by Crippen LogP contribution is -2.28. The SMILES string of the molecule is Cc1ccc(C)c(SCC(=O)NC(C)c2ncc[nH]2)c1. The second kappa shape index (κ2) is 6.61. The van der Waals surface area contributed by atoms with Gasteiger partial charge in [0, 0.05) is 17.3 Å². The average molecular weight is 289 g/mol. The van der Waals surface area contributed by atoms with Crippen LogP contribution in [0.15, 0.2) is 35.5 Å². The molecule has 0 aliphatic rings. The summed E-state index contributed by atoms with van der Waals surface area (Å²) in [7, 11) is 0. The molecule has 2 rings (SSSR count). The number of nitrogens with zero attached hydrogens (tertiary/aromatic N) is 1. The third-order valence-corrected chi connectivity index (χ3v) is 4.17. The highest BCUT2D eigenvalue weighted by molar-refractivity contribution is 8.00. The number of aryl methyl sites for hydroxylation is 2. The largest absolute Gasteiger partial charge is 0.347 e. The highest BCUT2D eigenvalue weighted by Crippen LogP contribution is 2.23. The van der Waals surface area contributed by atoms with Crippen LogP contribution in [0.3, 0.4) is 0 Å². The molecule has 20 heavy (non-hydrogen) atoms. The number of aromatic amines is 1. The van der Waals surface area contributed by atoms with Gasteiger partial charge in [-0.05, 0) is 32.4 Å². The third kappa shape index (κ3) is 3.87. The van der Waals surface area contributed by atoms with Gasteiger partial charge in [-0.25, -0.2) is 4.98 Å². The smallest absolute Gasteiger partial charge is 0.230 e. The summed E-state index contributed by atoms with van der Waals surface area (Å²) in [5.74, 6) is 1.20. The molecule has 1 aromatic carbocycles. The number of imidazole rings is 1. The number of aromatic nitrogens is 2. The summed E-state index contributed by atoms with van der Waals surface area (Å²) in [4.78, 5) is 20.2. The summed E-state index contributed by atoms with van der Waals surface area (Å²) in [6.45, 7) is 6.03. The predicted octanol–water partition coefficient (Wildman–Crippen LogP) is 3.00. The average Bonchev–Trinajstić information content (AvgIpc) is 2.94. The van der Waals surface area contributed by atoms with Gasteiger partial charge in [-0.2, -0.15) is 0 Å². The Morgan fingerprint density at radius 3 is 2.95 bits per heavy atom.